The van der Waals surface area contributed by atoms with Crippen molar-refractivity contribution in [1.29, 1.82) is 0 Å². The summed E-state index contributed by atoms with van der Waals surface area (Å²) in [6.45, 7) is 1.77. The number of aryl methyl sites for hydroxylation is 1. The summed E-state index contributed by atoms with van der Waals surface area (Å²) in [5.41, 5.74) is 1.78. The first-order valence-corrected chi connectivity index (χ1v) is 7.69. The lowest BCUT2D eigenvalue weighted by Gasteiger charge is -2.33. The molecule has 0 unspecified atom stereocenters. The average molecular weight is 315 g/mol. The predicted molar refractivity (Wildman–Crippen MR) is 85.5 cm³/mol. The summed E-state index contributed by atoms with van der Waals surface area (Å²) in [4.78, 5) is 14.4. The number of morpholine rings is 1. The van der Waals surface area contributed by atoms with E-state index < -0.39 is 0 Å². The molecule has 23 heavy (non-hydrogen) atoms. The van der Waals surface area contributed by atoms with E-state index in [1.165, 1.54) is 5.56 Å². The van der Waals surface area contributed by atoms with Gasteiger partial charge in [0.05, 0.1) is 19.8 Å². The Hall–Kier alpha value is -2.34. The number of nitrogens with zero attached hydrogens (tertiary/aromatic N) is 3. The highest BCUT2D eigenvalue weighted by molar-refractivity contribution is 5.92. The maximum atomic E-state index is 12.6. The zero-order chi connectivity index (χ0) is 16.2. The molecule has 1 aliphatic heterocycles. The molecule has 0 N–H and O–H groups in total. The highest BCUT2D eigenvalue weighted by Crippen LogP contribution is 2.17. The van der Waals surface area contributed by atoms with Crippen LogP contribution >= 0.6 is 0 Å². The summed E-state index contributed by atoms with van der Waals surface area (Å²) in [7, 11) is 3.43. The Morgan fingerprint density at radius 3 is 2.78 bits per heavy atom. The lowest BCUT2D eigenvalue weighted by atomic mass is 10.1. The van der Waals surface area contributed by atoms with Crippen molar-refractivity contribution in [2.75, 3.05) is 26.8 Å². The van der Waals surface area contributed by atoms with E-state index in [0.717, 1.165) is 12.2 Å². The van der Waals surface area contributed by atoms with Gasteiger partial charge in [-0.3, -0.25) is 9.48 Å². The van der Waals surface area contributed by atoms with Gasteiger partial charge in [0.15, 0.2) is 0 Å². The van der Waals surface area contributed by atoms with Crippen LogP contribution in [0, 0.1) is 0 Å². The monoisotopic (exact) mass is 315 g/mol. The second kappa shape index (κ2) is 6.83. The van der Waals surface area contributed by atoms with E-state index >= 15 is 0 Å². The third kappa shape index (κ3) is 3.53. The zero-order valence-corrected chi connectivity index (χ0v) is 13.4. The fourth-order valence-corrected chi connectivity index (χ4v) is 2.80. The van der Waals surface area contributed by atoms with Gasteiger partial charge >= 0.3 is 0 Å². The van der Waals surface area contributed by atoms with E-state index in [-0.39, 0.29) is 12.0 Å². The molecule has 0 aliphatic carbocycles. The highest BCUT2D eigenvalue weighted by atomic mass is 16.5. The van der Waals surface area contributed by atoms with E-state index in [9.17, 15) is 4.79 Å². The Kier molecular flexibility index (Phi) is 4.62. The van der Waals surface area contributed by atoms with E-state index in [4.69, 9.17) is 9.47 Å². The highest BCUT2D eigenvalue weighted by Gasteiger charge is 2.26. The Morgan fingerprint density at radius 2 is 2.13 bits per heavy atom. The van der Waals surface area contributed by atoms with Crippen LogP contribution in [0.5, 0.6) is 5.75 Å². The Bertz CT molecular complexity index is 666. The summed E-state index contributed by atoms with van der Waals surface area (Å²) in [5.74, 6) is 0.847. The minimum atomic E-state index is 0.00744. The third-order valence-corrected chi connectivity index (χ3v) is 4.09. The summed E-state index contributed by atoms with van der Waals surface area (Å²) >= 11 is 0. The van der Waals surface area contributed by atoms with Gasteiger partial charge in [0.1, 0.15) is 11.4 Å². The molecule has 6 heteroatoms. The third-order valence-electron chi connectivity index (χ3n) is 4.09. The number of aromatic nitrogens is 2. The first-order valence-electron chi connectivity index (χ1n) is 7.69. The number of rotatable bonds is 4. The van der Waals surface area contributed by atoms with E-state index in [2.05, 4.69) is 5.10 Å². The maximum Gasteiger partial charge on any atom is 0.272 e. The van der Waals surface area contributed by atoms with Crippen molar-refractivity contribution in [3.63, 3.8) is 0 Å². The normalized spacial score (nSPS) is 18.0. The smallest absolute Gasteiger partial charge is 0.272 e. The topological polar surface area (TPSA) is 56.6 Å². The number of methoxy groups -OCH3 is 1. The zero-order valence-electron chi connectivity index (χ0n) is 13.4. The second-order valence-corrected chi connectivity index (χ2v) is 5.64. The summed E-state index contributed by atoms with van der Waals surface area (Å²) in [5, 5.41) is 4.06. The van der Waals surface area contributed by atoms with Crippen LogP contribution < -0.4 is 4.74 Å². The molecule has 0 radical (unpaired) electrons. The minimum absolute atomic E-state index is 0.00744. The number of hydrogen-bond donors (Lipinski definition) is 0. The van der Waals surface area contributed by atoms with Gasteiger partial charge in [-0.1, -0.05) is 12.1 Å². The molecule has 3 rings (SSSR count). The van der Waals surface area contributed by atoms with Crippen LogP contribution in [0.4, 0.5) is 0 Å². The number of carbonyl (C=O) groups excluding carboxylic acids is 1. The molecule has 0 saturated carbocycles. The fourth-order valence-electron chi connectivity index (χ4n) is 2.80. The maximum absolute atomic E-state index is 12.6. The Labute approximate surface area is 135 Å². The van der Waals surface area contributed by atoms with Crippen LogP contribution in [0.2, 0.25) is 0 Å². The van der Waals surface area contributed by atoms with Crippen molar-refractivity contribution < 1.29 is 14.3 Å². The van der Waals surface area contributed by atoms with Crippen LogP contribution in [0.15, 0.2) is 36.5 Å². The van der Waals surface area contributed by atoms with E-state index in [0.29, 0.717) is 25.4 Å². The molecule has 1 aromatic heterocycles. The molecular formula is C17H21N3O3. The van der Waals surface area contributed by atoms with Crippen molar-refractivity contribution in [2.45, 2.75) is 12.5 Å². The quantitative estimate of drug-likeness (QED) is 0.858. The van der Waals surface area contributed by atoms with Gasteiger partial charge in [0.2, 0.25) is 0 Å². The predicted octanol–water partition coefficient (Wildman–Crippen LogP) is 1.51. The standard InChI is InChI=1S/C17H21N3O3/c1-19-16(7-8-18-19)17(21)20-9-10-23-15(12-20)11-13-3-5-14(22-2)6-4-13/h3-8,15H,9-12H2,1-2H3/t15-/m1/s1. The molecule has 1 fully saturated rings. The molecule has 6 nitrogen and oxygen atoms in total. The van der Waals surface area contributed by atoms with Crippen molar-refractivity contribution in [1.82, 2.24) is 14.7 Å². The SMILES string of the molecule is COc1ccc(C[C@@H]2CN(C(=O)c3ccnn3C)CCO2)cc1. The number of ether oxygens (including phenoxy) is 2. The molecule has 1 atom stereocenters. The lowest BCUT2D eigenvalue weighted by Crippen LogP contribution is -2.46. The van der Waals surface area contributed by atoms with Gasteiger partial charge in [0.25, 0.3) is 5.91 Å². The second-order valence-electron chi connectivity index (χ2n) is 5.64. The summed E-state index contributed by atoms with van der Waals surface area (Å²) < 4.78 is 12.6. The minimum Gasteiger partial charge on any atom is -0.497 e. The fraction of sp³-hybridized carbons (Fsp3) is 0.412. The summed E-state index contributed by atoms with van der Waals surface area (Å²) in [6.07, 6.45) is 2.43. The Morgan fingerprint density at radius 1 is 1.35 bits per heavy atom. The molecule has 122 valence electrons. The van der Waals surface area contributed by atoms with E-state index in [1.807, 2.05) is 29.2 Å². The van der Waals surface area contributed by atoms with Gasteiger partial charge in [-0.2, -0.15) is 5.10 Å². The van der Waals surface area contributed by atoms with Crippen molar-refractivity contribution in [3.05, 3.63) is 47.8 Å². The number of hydrogen-bond acceptors (Lipinski definition) is 4. The van der Waals surface area contributed by atoms with Crippen molar-refractivity contribution in [3.8, 4) is 5.75 Å². The first-order chi connectivity index (χ1) is 11.2. The molecule has 1 amide bonds. The molecule has 1 aromatic carbocycles. The van der Waals surface area contributed by atoms with Crippen LogP contribution in [0.3, 0.4) is 0 Å². The lowest BCUT2D eigenvalue weighted by molar-refractivity contribution is -0.0211. The van der Waals surface area contributed by atoms with Crippen LogP contribution in [0.1, 0.15) is 16.1 Å². The molecule has 2 aromatic rings. The van der Waals surface area contributed by atoms with Gasteiger partial charge < -0.3 is 14.4 Å². The molecule has 1 saturated heterocycles. The molecular weight excluding hydrogens is 294 g/mol. The van der Waals surface area contributed by atoms with Crippen LogP contribution in [-0.4, -0.2) is 53.5 Å². The first kappa shape index (κ1) is 15.6. The van der Waals surface area contributed by atoms with Gasteiger partial charge in [0, 0.05) is 32.8 Å². The van der Waals surface area contributed by atoms with Crippen LogP contribution in [0.25, 0.3) is 0 Å². The van der Waals surface area contributed by atoms with Gasteiger partial charge in [-0.15, -0.1) is 0 Å². The number of benzene rings is 1. The average Bonchev–Trinajstić information content (AvgIpc) is 3.01. The number of amides is 1. The van der Waals surface area contributed by atoms with E-state index in [1.54, 1.807) is 31.1 Å². The van der Waals surface area contributed by atoms with Crippen molar-refractivity contribution >= 4 is 5.91 Å². The Balaban J connectivity index is 1.63. The molecule has 2 heterocycles. The van der Waals surface area contributed by atoms with Gasteiger partial charge in [-0.05, 0) is 23.8 Å². The van der Waals surface area contributed by atoms with Gasteiger partial charge in [-0.25, -0.2) is 0 Å². The molecule has 1 aliphatic rings. The largest absolute Gasteiger partial charge is 0.497 e. The summed E-state index contributed by atoms with van der Waals surface area (Å²) in [6, 6.07) is 9.69. The van der Waals surface area contributed by atoms with Crippen molar-refractivity contribution in [2.24, 2.45) is 7.05 Å². The molecule has 0 bridgehead atoms. The molecule has 0 spiro atoms. The number of carbonyl (C=O) groups is 1. The van der Waals surface area contributed by atoms with Crippen LogP contribution in [-0.2, 0) is 18.2 Å².